The maximum atomic E-state index is 13.8. The van der Waals surface area contributed by atoms with Crippen molar-refractivity contribution in [2.75, 3.05) is 0 Å². The average molecular weight is 356 g/mol. The molecular weight excluding hydrogens is 345 g/mol. The Labute approximate surface area is 128 Å². The number of rotatable bonds is 4. The third kappa shape index (κ3) is 3.37. The number of nitro groups is 1. The fraction of sp³-hybridized carbons (Fsp3) is 0.143. The predicted octanol–water partition coefficient (Wildman–Crippen LogP) is 4.34. The number of nitro benzene ring substituents is 1. The van der Waals surface area contributed by atoms with Crippen molar-refractivity contribution in [3.05, 3.63) is 62.4 Å². The summed E-state index contributed by atoms with van der Waals surface area (Å²) >= 11 is 3.21. The lowest BCUT2D eigenvalue weighted by Crippen LogP contribution is -2.00. The van der Waals surface area contributed by atoms with Gasteiger partial charge in [-0.1, -0.05) is 6.07 Å². The number of hydrogen-bond acceptors (Lipinski definition) is 4. The zero-order valence-corrected chi connectivity index (χ0v) is 12.5. The molecule has 2 aromatic rings. The summed E-state index contributed by atoms with van der Waals surface area (Å²) in [5.41, 5.74) is -0.154. The number of ether oxygens (including phenoxy) is 1. The van der Waals surface area contributed by atoms with Crippen molar-refractivity contribution in [3.8, 4) is 11.5 Å². The highest BCUT2D eigenvalue weighted by Crippen LogP contribution is 2.36. The van der Waals surface area contributed by atoms with Gasteiger partial charge in [0.15, 0.2) is 0 Å². The van der Waals surface area contributed by atoms with Crippen LogP contribution in [0.4, 0.5) is 10.1 Å². The Morgan fingerprint density at radius 1 is 1.33 bits per heavy atom. The van der Waals surface area contributed by atoms with E-state index in [9.17, 15) is 19.6 Å². The minimum absolute atomic E-state index is 0.00379. The van der Waals surface area contributed by atoms with E-state index in [4.69, 9.17) is 4.74 Å². The summed E-state index contributed by atoms with van der Waals surface area (Å²) in [7, 11) is 0. The smallest absolute Gasteiger partial charge is 0.273 e. The van der Waals surface area contributed by atoms with Crippen LogP contribution in [0.25, 0.3) is 0 Å². The lowest BCUT2D eigenvalue weighted by atomic mass is 10.1. The number of aliphatic hydroxyl groups is 1. The second kappa shape index (κ2) is 6.19. The zero-order chi connectivity index (χ0) is 15.6. The molecule has 0 spiro atoms. The number of hydrogen-bond donors (Lipinski definition) is 1. The Kier molecular flexibility index (Phi) is 4.54. The molecule has 1 N–H and O–H groups in total. The number of benzene rings is 2. The van der Waals surface area contributed by atoms with Crippen molar-refractivity contribution in [2.45, 2.75) is 13.0 Å². The molecule has 0 bridgehead atoms. The molecule has 0 heterocycles. The number of aliphatic hydroxyl groups excluding tert-OH is 1. The normalized spacial score (nSPS) is 12.0. The Morgan fingerprint density at radius 3 is 2.67 bits per heavy atom. The molecule has 0 aliphatic rings. The summed E-state index contributed by atoms with van der Waals surface area (Å²) in [6, 6.07) is 8.13. The van der Waals surface area contributed by atoms with Crippen LogP contribution in [0.1, 0.15) is 18.6 Å². The number of halogens is 2. The third-order valence-electron chi connectivity index (χ3n) is 2.78. The van der Waals surface area contributed by atoms with E-state index in [-0.39, 0.29) is 22.7 Å². The maximum absolute atomic E-state index is 13.8. The summed E-state index contributed by atoms with van der Waals surface area (Å²) in [5, 5.41) is 20.4. The quantitative estimate of drug-likeness (QED) is 0.653. The van der Waals surface area contributed by atoms with Crippen LogP contribution in [-0.4, -0.2) is 10.0 Å². The van der Waals surface area contributed by atoms with Crippen LogP contribution >= 0.6 is 15.9 Å². The Balaban J connectivity index is 2.45. The summed E-state index contributed by atoms with van der Waals surface area (Å²) in [4.78, 5) is 10.2. The van der Waals surface area contributed by atoms with E-state index in [1.807, 2.05) is 0 Å². The van der Waals surface area contributed by atoms with Gasteiger partial charge in [0.05, 0.1) is 27.1 Å². The molecule has 1 atom stereocenters. The topological polar surface area (TPSA) is 72.6 Å². The van der Waals surface area contributed by atoms with Gasteiger partial charge in [-0.25, -0.2) is 4.39 Å². The van der Waals surface area contributed by atoms with Gasteiger partial charge in [0.1, 0.15) is 17.3 Å². The summed E-state index contributed by atoms with van der Waals surface area (Å²) < 4.78 is 19.8. The molecule has 0 aromatic heterocycles. The molecule has 0 saturated heterocycles. The first kappa shape index (κ1) is 15.4. The van der Waals surface area contributed by atoms with E-state index in [0.717, 1.165) is 0 Å². The first-order valence-corrected chi connectivity index (χ1v) is 6.77. The molecule has 0 saturated carbocycles. The van der Waals surface area contributed by atoms with Gasteiger partial charge in [0, 0.05) is 6.07 Å². The lowest BCUT2D eigenvalue weighted by Gasteiger charge is -2.14. The standard InChI is InChI=1S/C14H11BrFNO4/c1-8(18)14-11(16)3-2-4-12(14)21-13-7-9(17(19)20)5-6-10(13)15/h2-8,18H,1H3/t8-/m0/s1. The van der Waals surface area contributed by atoms with E-state index in [1.165, 1.54) is 43.3 Å². The molecule has 2 aromatic carbocycles. The van der Waals surface area contributed by atoms with Crippen LogP contribution in [0.3, 0.4) is 0 Å². The molecule has 0 unspecified atom stereocenters. The monoisotopic (exact) mass is 355 g/mol. The van der Waals surface area contributed by atoms with Crippen molar-refractivity contribution in [1.82, 2.24) is 0 Å². The van der Waals surface area contributed by atoms with Crippen molar-refractivity contribution in [3.63, 3.8) is 0 Å². The molecule has 110 valence electrons. The van der Waals surface area contributed by atoms with Crippen LogP contribution in [0.2, 0.25) is 0 Å². The Morgan fingerprint density at radius 2 is 2.05 bits per heavy atom. The molecule has 21 heavy (non-hydrogen) atoms. The Bertz CT molecular complexity index is 691. The second-order valence-electron chi connectivity index (χ2n) is 4.30. The van der Waals surface area contributed by atoms with Gasteiger partial charge >= 0.3 is 0 Å². The first-order chi connectivity index (χ1) is 9.90. The largest absolute Gasteiger partial charge is 0.455 e. The molecular formula is C14H11BrFNO4. The van der Waals surface area contributed by atoms with Crippen LogP contribution in [0.5, 0.6) is 11.5 Å². The molecule has 0 aliphatic carbocycles. The minimum Gasteiger partial charge on any atom is -0.455 e. The fourth-order valence-corrected chi connectivity index (χ4v) is 2.14. The molecule has 0 amide bonds. The van der Waals surface area contributed by atoms with Crippen LogP contribution < -0.4 is 4.74 Å². The molecule has 0 fully saturated rings. The van der Waals surface area contributed by atoms with Gasteiger partial charge < -0.3 is 9.84 Å². The van der Waals surface area contributed by atoms with Crippen LogP contribution in [0, 0.1) is 15.9 Å². The van der Waals surface area contributed by atoms with E-state index in [1.54, 1.807) is 0 Å². The maximum Gasteiger partial charge on any atom is 0.273 e. The van der Waals surface area contributed by atoms with E-state index in [0.29, 0.717) is 4.47 Å². The zero-order valence-electron chi connectivity index (χ0n) is 10.9. The van der Waals surface area contributed by atoms with Gasteiger partial charge in [0.2, 0.25) is 0 Å². The van der Waals surface area contributed by atoms with Crippen LogP contribution in [0.15, 0.2) is 40.9 Å². The second-order valence-corrected chi connectivity index (χ2v) is 5.16. The van der Waals surface area contributed by atoms with Crippen molar-refractivity contribution in [2.24, 2.45) is 0 Å². The van der Waals surface area contributed by atoms with Gasteiger partial charge in [0.25, 0.3) is 5.69 Å². The van der Waals surface area contributed by atoms with Gasteiger partial charge in [-0.2, -0.15) is 0 Å². The molecule has 7 heteroatoms. The van der Waals surface area contributed by atoms with Gasteiger partial charge in [-0.05, 0) is 41.1 Å². The molecule has 0 aliphatic heterocycles. The van der Waals surface area contributed by atoms with E-state index < -0.39 is 16.8 Å². The van der Waals surface area contributed by atoms with E-state index >= 15 is 0 Å². The van der Waals surface area contributed by atoms with E-state index in [2.05, 4.69) is 15.9 Å². The summed E-state index contributed by atoms with van der Waals surface area (Å²) in [6.07, 6.45) is -1.07. The molecule has 5 nitrogen and oxygen atoms in total. The van der Waals surface area contributed by atoms with Crippen molar-refractivity contribution >= 4 is 21.6 Å². The van der Waals surface area contributed by atoms with Gasteiger partial charge in [-0.3, -0.25) is 10.1 Å². The summed E-state index contributed by atoms with van der Waals surface area (Å²) in [5.74, 6) is -0.341. The first-order valence-electron chi connectivity index (χ1n) is 5.98. The van der Waals surface area contributed by atoms with Crippen molar-refractivity contribution in [1.29, 1.82) is 0 Å². The third-order valence-corrected chi connectivity index (χ3v) is 3.43. The lowest BCUT2D eigenvalue weighted by molar-refractivity contribution is -0.384. The number of nitrogens with zero attached hydrogens (tertiary/aromatic N) is 1. The summed E-state index contributed by atoms with van der Waals surface area (Å²) in [6.45, 7) is 1.41. The highest BCUT2D eigenvalue weighted by molar-refractivity contribution is 9.10. The number of non-ortho nitro benzene ring substituents is 1. The Hall–Kier alpha value is -1.99. The highest BCUT2D eigenvalue weighted by Gasteiger charge is 2.17. The SMILES string of the molecule is C[C@H](O)c1c(F)cccc1Oc1cc([N+](=O)[O-])ccc1Br. The van der Waals surface area contributed by atoms with Crippen molar-refractivity contribution < 1.29 is 19.2 Å². The average Bonchev–Trinajstić information content (AvgIpc) is 2.40. The molecule has 2 rings (SSSR count). The van der Waals surface area contributed by atoms with Crippen LogP contribution in [-0.2, 0) is 0 Å². The minimum atomic E-state index is -1.07. The van der Waals surface area contributed by atoms with Gasteiger partial charge in [-0.15, -0.1) is 0 Å². The predicted molar refractivity (Wildman–Crippen MR) is 77.9 cm³/mol. The molecule has 0 radical (unpaired) electrons. The fourth-order valence-electron chi connectivity index (χ4n) is 1.81. The highest BCUT2D eigenvalue weighted by atomic mass is 79.9.